The standard InChI is InChI=1S/C19H18N4O3/c1-12-20-16-10-11-22(17-5-3-2-4-15(17)18(16)21-12)19(24)13-6-8-14(9-7-13)23(25)26/h2-3,6-9H,4-5,10-11H2,1H3,(H,20,21). The molecule has 0 atom stereocenters. The average molecular weight is 350 g/mol. The average Bonchev–Trinajstić information content (AvgIpc) is 2.95. The van der Waals surface area contributed by atoms with E-state index in [4.69, 9.17) is 0 Å². The lowest BCUT2D eigenvalue weighted by Crippen LogP contribution is -2.32. The molecule has 1 amide bonds. The van der Waals surface area contributed by atoms with Gasteiger partial charge in [-0.25, -0.2) is 4.98 Å². The van der Waals surface area contributed by atoms with Gasteiger partial charge >= 0.3 is 0 Å². The third kappa shape index (κ3) is 2.71. The number of carbonyl (C=O) groups excluding carboxylic acids is 1. The number of aromatic amines is 1. The molecule has 132 valence electrons. The molecule has 4 rings (SSSR count). The van der Waals surface area contributed by atoms with Crippen LogP contribution < -0.4 is 0 Å². The Hall–Kier alpha value is -3.22. The van der Waals surface area contributed by atoms with Crippen molar-refractivity contribution in [1.82, 2.24) is 14.9 Å². The molecular formula is C19H18N4O3. The van der Waals surface area contributed by atoms with Gasteiger partial charge in [0.1, 0.15) is 5.82 Å². The summed E-state index contributed by atoms with van der Waals surface area (Å²) in [4.78, 5) is 33.2. The number of hydrogen-bond acceptors (Lipinski definition) is 4. The number of aryl methyl sites for hydroxylation is 1. The number of hydrogen-bond donors (Lipinski definition) is 1. The molecule has 0 radical (unpaired) electrons. The topological polar surface area (TPSA) is 92.1 Å². The summed E-state index contributed by atoms with van der Waals surface area (Å²) in [6, 6.07) is 5.78. The summed E-state index contributed by atoms with van der Waals surface area (Å²) < 4.78 is 0. The highest BCUT2D eigenvalue weighted by Gasteiger charge is 2.29. The van der Waals surface area contributed by atoms with Crippen molar-refractivity contribution >= 4 is 17.2 Å². The molecule has 1 N–H and O–H groups in total. The van der Waals surface area contributed by atoms with Crippen molar-refractivity contribution < 1.29 is 9.72 Å². The van der Waals surface area contributed by atoms with Crippen molar-refractivity contribution in [3.05, 3.63) is 75.0 Å². The SMILES string of the molecule is Cc1nc2c([nH]1)CCN(C(=O)c1ccc([N+](=O)[O-])cc1)C1=C2CC=CC1. The lowest BCUT2D eigenvalue weighted by Gasteiger charge is -2.27. The second-order valence-electron chi connectivity index (χ2n) is 6.47. The van der Waals surface area contributed by atoms with Crippen LogP contribution in [0.25, 0.3) is 5.57 Å². The maximum atomic E-state index is 13.1. The van der Waals surface area contributed by atoms with Crippen molar-refractivity contribution in [3.8, 4) is 0 Å². The fourth-order valence-corrected chi connectivity index (χ4v) is 3.58. The van der Waals surface area contributed by atoms with Gasteiger partial charge in [-0.1, -0.05) is 12.2 Å². The monoisotopic (exact) mass is 350 g/mol. The van der Waals surface area contributed by atoms with Gasteiger partial charge in [0.05, 0.1) is 10.6 Å². The van der Waals surface area contributed by atoms with Gasteiger partial charge in [-0.2, -0.15) is 0 Å². The molecule has 1 aromatic heterocycles. The number of rotatable bonds is 2. The molecule has 2 aliphatic rings. The number of non-ortho nitro benzene ring substituents is 1. The lowest BCUT2D eigenvalue weighted by molar-refractivity contribution is -0.384. The highest BCUT2D eigenvalue weighted by Crippen LogP contribution is 2.35. The maximum absolute atomic E-state index is 13.1. The van der Waals surface area contributed by atoms with E-state index in [0.717, 1.165) is 34.9 Å². The summed E-state index contributed by atoms with van der Waals surface area (Å²) in [5.74, 6) is 0.746. The third-order valence-corrected chi connectivity index (χ3v) is 4.81. The Labute approximate surface area is 150 Å². The number of allylic oxidation sites excluding steroid dienone is 3. The summed E-state index contributed by atoms with van der Waals surface area (Å²) >= 11 is 0. The number of nitrogens with one attached hydrogen (secondary N) is 1. The van der Waals surface area contributed by atoms with Gasteiger partial charge < -0.3 is 9.88 Å². The Balaban J connectivity index is 1.72. The van der Waals surface area contributed by atoms with Crippen LogP contribution in [0.4, 0.5) is 5.69 Å². The van der Waals surface area contributed by atoms with Crippen molar-refractivity contribution in [3.63, 3.8) is 0 Å². The highest BCUT2D eigenvalue weighted by atomic mass is 16.6. The van der Waals surface area contributed by atoms with Crippen LogP contribution in [0.3, 0.4) is 0 Å². The summed E-state index contributed by atoms with van der Waals surface area (Å²) in [5, 5.41) is 10.8. The fraction of sp³-hybridized carbons (Fsp3) is 0.263. The van der Waals surface area contributed by atoms with Crippen LogP contribution in [0.2, 0.25) is 0 Å². The summed E-state index contributed by atoms with van der Waals surface area (Å²) in [7, 11) is 0. The fourth-order valence-electron chi connectivity index (χ4n) is 3.58. The predicted molar refractivity (Wildman–Crippen MR) is 96.5 cm³/mol. The molecule has 0 saturated heterocycles. The quantitative estimate of drug-likeness (QED) is 0.510. The minimum atomic E-state index is -0.465. The number of amides is 1. The minimum absolute atomic E-state index is 0.0208. The highest BCUT2D eigenvalue weighted by molar-refractivity contribution is 5.97. The summed E-state index contributed by atoms with van der Waals surface area (Å²) in [6.45, 7) is 2.49. The molecule has 0 bridgehead atoms. The van der Waals surface area contributed by atoms with Crippen molar-refractivity contribution in [1.29, 1.82) is 0 Å². The Morgan fingerprint density at radius 3 is 2.69 bits per heavy atom. The number of aromatic nitrogens is 2. The number of fused-ring (bicyclic) bond motifs is 2. The van der Waals surface area contributed by atoms with Crippen LogP contribution in [0.5, 0.6) is 0 Å². The van der Waals surface area contributed by atoms with E-state index in [1.807, 2.05) is 6.92 Å². The number of imidazole rings is 1. The molecule has 2 heterocycles. The zero-order valence-corrected chi connectivity index (χ0v) is 14.4. The van der Waals surface area contributed by atoms with E-state index in [0.29, 0.717) is 24.9 Å². The second-order valence-corrected chi connectivity index (χ2v) is 6.47. The lowest BCUT2D eigenvalue weighted by atomic mass is 9.98. The third-order valence-electron chi connectivity index (χ3n) is 4.81. The van der Waals surface area contributed by atoms with E-state index < -0.39 is 4.92 Å². The van der Waals surface area contributed by atoms with E-state index in [9.17, 15) is 14.9 Å². The van der Waals surface area contributed by atoms with Gasteiger partial charge in [0.25, 0.3) is 11.6 Å². The molecule has 1 aliphatic heterocycles. The van der Waals surface area contributed by atoms with Gasteiger partial charge in [0.15, 0.2) is 0 Å². The molecule has 1 aliphatic carbocycles. The van der Waals surface area contributed by atoms with E-state index in [1.165, 1.54) is 24.3 Å². The first kappa shape index (κ1) is 16.3. The minimum Gasteiger partial charge on any atom is -0.346 e. The molecule has 26 heavy (non-hydrogen) atoms. The summed E-state index contributed by atoms with van der Waals surface area (Å²) in [6.07, 6.45) is 6.30. The molecule has 0 spiro atoms. The molecule has 0 saturated carbocycles. The van der Waals surface area contributed by atoms with Crippen LogP contribution >= 0.6 is 0 Å². The van der Waals surface area contributed by atoms with Gasteiger partial charge in [0.2, 0.25) is 0 Å². The largest absolute Gasteiger partial charge is 0.346 e. The van der Waals surface area contributed by atoms with Gasteiger partial charge in [-0.05, 0) is 25.5 Å². The number of carbonyl (C=O) groups is 1. The predicted octanol–water partition coefficient (Wildman–Crippen LogP) is 3.39. The van der Waals surface area contributed by atoms with E-state index in [-0.39, 0.29) is 11.6 Å². The number of benzene rings is 1. The van der Waals surface area contributed by atoms with Crippen LogP contribution in [0, 0.1) is 17.0 Å². The number of nitro benzene ring substituents is 1. The molecule has 0 fully saturated rings. The smallest absolute Gasteiger partial charge is 0.269 e. The molecule has 1 aromatic carbocycles. The molecule has 7 heteroatoms. The molecular weight excluding hydrogens is 332 g/mol. The normalized spacial score (nSPS) is 16.1. The zero-order valence-electron chi connectivity index (χ0n) is 14.4. The first-order valence-corrected chi connectivity index (χ1v) is 8.54. The first-order valence-electron chi connectivity index (χ1n) is 8.54. The Morgan fingerprint density at radius 2 is 1.96 bits per heavy atom. The van der Waals surface area contributed by atoms with Gasteiger partial charge in [-0.3, -0.25) is 14.9 Å². The van der Waals surface area contributed by atoms with Crippen molar-refractivity contribution in [2.75, 3.05) is 6.54 Å². The van der Waals surface area contributed by atoms with Crippen LogP contribution in [0.1, 0.15) is 40.4 Å². The maximum Gasteiger partial charge on any atom is 0.269 e. The number of nitro groups is 1. The Kier molecular flexibility index (Phi) is 3.91. The van der Waals surface area contributed by atoms with Crippen molar-refractivity contribution in [2.45, 2.75) is 26.2 Å². The van der Waals surface area contributed by atoms with Gasteiger partial charge in [0, 0.05) is 54.0 Å². The van der Waals surface area contributed by atoms with E-state index in [2.05, 4.69) is 22.1 Å². The summed E-state index contributed by atoms with van der Waals surface area (Å²) in [5.41, 5.74) is 4.50. The van der Waals surface area contributed by atoms with Crippen LogP contribution in [0.15, 0.2) is 42.1 Å². The zero-order chi connectivity index (χ0) is 18.3. The second kappa shape index (κ2) is 6.25. The molecule has 2 aromatic rings. The first-order chi connectivity index (χ1) is 12.5. The van der Waals surface area contributed by atoms with E-state index in [1.54, 1.807) is 4.90 Å². The van der Waals surface area contributed by atoms with Crippen molar-refractivity contribution in [2.24, 2.45) is 0 Å². The van der Waals surface area contributed by atoms with Crippen LogP contribution in [-0.4, -0.2) is 32.2 Å². The van der Waals surface area contributed by atoms with E-state index >= 15 is 0 Å². The number of H-pyrrole nitrogens is 1. The number of nitrogens with zero attached hydrogens (tertiary/aromatic N) is 3. The Bertz CT molecular complexity index is 954. The molecule has 0 unspecified atom stereocenters. The Morgan fingerprint density at radius 1 is 1.23 bits per heavy atom. The van der Waals surface area contributed by atoms with Gasteiger partial charge in [-0.15, -0.1) is 0 Å². The van der Waals surface area contributed by atoms with Crippen LogP contribution in [-0.2, 0) is 6.42 Å². The molecule has 7 nitrogen and oxygen atoms in total.